The molecule has 162 valence electrons. The number of nitrogens with one attached hydrogen (secondary N) is 2. The van der Waals surface area contributed by atoms with Gasteiger partial charge in [0.1, 0.15) is 0 Å². The third-order valence-electron chi connectivity index (χ3n) is 5.39. The molecule has 0 spiro atoms. The molecule has 1 aromatic carbocycles. The number of anilines is 1. The van der Waals surface area contributed by atoms with Crippen LogP contribution in [0, 0.1) is 0 Å². The van der Waals surface area contributed by atoms with Crippen molar-refractivity contribution in [1.29, 1.82) is 0 Å². The minimum Gasteiger partial charge on any atom is -0.349 e. The number of carbonyl (C=O) groups is 2. The predicted octanol–water partition coefficient (Wildman–Crippen LogP) is 4.89. The highest BCUT2D eigenvalue weighted by atomic mass is 32.1. The largest absolute Gasteiger partial charge is 0.349 e. The first kappa shape index (κ1) is 20.4. The summed E-state index contributed by atoms with van der Waals surface area (Å²) in [6.45, 7) is 4.07. The van der Waals surface area contributed by atoms with Gasteiger partial charge in [-0.2, -0.15) is 5.10 Å². The molecule has 0 atom stereocenters. The van der Waals surface area contributed by atoms with Gasteiger partial charge in [-0.3, -0.25) is 9.59 Å². The number of aromatic nitrogens is 3. The Morgan fingerprint density at radius 2 is 1.91 bits per heavy atom. The zero-order valence-electron chi connectivity index (χ0n) is 17.8. The lowest BCUT2D eigenvalue weighted by Crippen LogP contribution is -2.25. The molecular formula is C24H23N5O2S. The van der Waals surface area contributed by atoms with Crippen molar-refractivity contribution in [3.63, 3.8) is 0 Å². The SMILES string of the molecule is CC(C)n1ncc2c(C(=O)Nc3ccc(C(=O)NC4CC4)cc3)cc(-c3cccs3)nc21. The minimum atomic E-state index is -0.242. The Bertz CT molecular complexity index is 1290. The van der Waals surface area contributed by atoms with Gasteiger partial charge in [-0.1, -0.05) is 6.07 Å². The van der Waals surface area contributed by atoms with Gasteiger partial charge in [-0.15, -0.1) is 11.3 Å². The van der Waals surface area contributed by atoms with Crippen molar-refractivity contribution < 1.29 is 9.59 Å². The topological polar surface area (TPSA) is 88.9 Å². The van der Waals surface area contributed by atoms with Crippen LogP contribution in [0.2, 0.25) is 0 Å². The van der Waals surface area contributed by atoms with Crippen LogP contribution in [0.1, 0.15) is 53.4 Å². The van der Waals surface area contributed by atoms with Crippen LogP contribution >= 0.6 is 11.3 Å². The van der Waals surface area contributed by atoms with E-state index in [4.69, 9.17) is 4.98 Å². The Hall–Kier alpha value is -3.52. The van der Waals surface area contributed by atoms with Gasteiger partial charge >= 0.3 is 0 Å². The molecule has 3 aromatic heterocycles. The molecule has 1 aliphatic carbocycles. The maximum Gasteiger partial charge on any atom is 0.256 e. The molecule has 0 radical (unpaired) electrons. The maximum atomic E-state index is 13.2. The fourth-order valence-corrected chi connectivity index (χ4v) is 4.22. The van der Waals surface area contributed by atoms with Crippen LogP contribution in [0.25, 0.3) is 21.6 Å². The van der Waals surface area contributed by atoms with Gasteiger partial charge in [0.05, 0.1) is 27.7 Å². The minimum absolute atomic E-state index is 0.0806. The number of hydrogen-bond acceptors (Lipinski definition) is 5. The maximum absolute atomic E-state index is 13.2. The number of carbonyl (C=O) groups excluding carboxylic acids is 2. The van der Waals surface area contributed by atoms with Gasteiger partial charge < -0.3 is 10.6 Å². The molecule has 3 heterocycles. The van der Waals surface area contributed by atoms with E-state index in [1.807, 2.05) is 42.1 Å². The summed E-state index contributed by atoms with van der Waals surface area (Å²) in [4.78, 5) is 31.2. The molecule has 2 N–H and O–H groups in total. The third-order valence-corrected chi connectivity index (χ3v) is 6.28. The van der Waals surface area contributed by atoms with E-state index >= 15 is 0 Å². The first-order valence-electron chi connectivity index (χ1n) is 10.6. The van der Waals surface area contributed by atoms with E-state index in [1.165, 1.54) is 0 Å². The fourth-order valence-electron chi connectivity index (χ4n) is 3.53. The number of nitrogens with zero attached hydrogens (tertiary/aromatic N) is 3. The number of fused-ring (bicyclic) bond motifs is 1. The Morgan fingerprint density at radius 3 is 2.56 bits per heavy atom. The second-order valence-electron chi connectivity index (χ2n) is 8.23. The summed E-state index contributed by atoms with van der Waals surface area (Å²) in [5.74, 6) is -0.323. The van der Waals surface area contributed by atoms with E-state index in [1.54, 1.807) is 41.8 Å². The zero-order chi connectivity index (χ0) is 22.2. The van der Waals surface area contributed by atoms with Crippen molar-refractivity contribution >= 4 is 39.9 Å². The molecule has 7 nitrogen and oxygen atoms in total. The number of pyridine rings is 1. The average molecular weight is 446 g/mol. The average Bonchev–Trinajstić information content (AvgIpc) is 3.26. The Labute approximate surface area is 189 Å². The molecule has 8 heteroatoms. The standard InChI is InChI=1S/C24H23N5O2S/c1-14(2)29-22-19(13-25-29)18(12-20(28-22)21-4-3-11-32-21)24(31)27-16-7-5-15(6-8-16)23(30)26-17-9-10-17/h3-8,11-14,17H,9-10H2,1-2H3,(H,26,30)(H,27,31). The van der Waals surface area contributed by atoms with Crippen molar-refractivity contribution in [2.24, 2.45) is 0 Å². The van der Waals surface area contributed by atoms with Crippen LogP contribution in [-0.4, -0.2) is 32.6 Å². The van der Waals surface area contributed by atoms with E-state index in [9.17, 15) is 9.59 Å². The van der Waals surface area contributed by atoms with Crippen LogP contribution < -0.4 is 10.6 Å². The first-order chi connectivity index (χ1) is 15.5. The molecule has 1 aliphatic rings. The summed E-state index contributed by atoms with van der Waals surface area (Å²) < 4.78 is 1.83. The zero-order valence-corrected chi connectivity index (χ0v) is 18.6. The Morgan fingerprint density at radius 1 is 1.12 bits per heavy atom. The molecule has 5 rings (SSSR count). The van der Waals surface area contributed by atoms with Crippen LogP contribution in [0.5, 0.6) is 0 Å². The second kappa shape index (κ2) is 8.20. The lowest BCUT2D eigenvalue weighted by molar-refractivity contribution is 0.0950. The first-order valence-corrected chi connectivity index (χ1v) is 11.5. The van der Waals surface area contributed by atoms with E-state index in [0.717, 1.165) is 23.4 Å². The van der Waals surface area contributed by atoms with E-state index in [-0.39, 0.29) is 17.9 Å². The molecular weight excluding hydrogens is 422 g/mol. The molecule has 1 saturated carbocycles. The monoisotopic (exact) mass is 445 g/mol. The lowest BCUT2D eigenvalue weighted by Gasteiger charge is -2.11. The molecule has 0 aliphatic heterocycles. The van der Waals surface area contributed by atoms with Crippen LogP contribution in [0.4, 0.5) is 5.69 Å². The van der Waals surface area contributed by atoms with Crippen molar-refractivity contribution in [3.8, 4) is 10.6 Å². The Balaban J connectivity index is 1.45. The number of amides is 2. The summed E-state index contributed by atoms with van der Waals surface area (Å²) in [6, 6.07) is 13.1. The van der Waals surface area contributed by atoms with Crippen LogP contribution in [0.15, 0.2) is 54.0 Å². The lowest BCUT2D eigenvalue weighted by atomic mass is 10.1. The number of thiophene rings is 1. The smallest absolute Gasteiger partial charge is 0.256 e. The van der Waals surface area contributed by atoms with Gasteiger partial charge in [-0.25, -0.2) is 9.67 Å². The molecule has 32 heavy (non-hydrogen) atoms. The van der Waals surface area contributed by atoms with Gasteiger partial charge in [0, 0.05) is 23.3 Å². The highest BCUT2D eigenvalue weighted by Crippen LogP contribution is 2.29. The molecule has 0 bridgehead atoms. The Kier molecular flexibility index (Phi) is 5.22. The summed E-state index contributed by atoms with van der Waals surface area (Å²) in [7, 11) is 0. The quantitative estimate of drug-likeness (QED) is 0.442. The number of hydrogen-bond donors (Lipinski definition) is 2. The van der Waals surface area contributed by atoms with E-state index < -0.39 is 0 Å². The summed E-state index contributed by atoms with van der Waals surface area (Å²) in [5, 5.41) is 13.1. The van der Waals surface area contributed by atoms with Crippen molar-refractivity contribution in [3.05, 3.63) is 65.2 Å². The highest BCUT2D eigenvalue weighted by Gasteiger charge is 2.24. The van der Waals surface area contributed by atoms with Gasteiger partial charge in [0.15, 0.2) is 5.65 Å². The summed E-state index contributed by atoms with van der Waals surface area (Å²) >= 11 is 1.58. The van der Waals surface area contributed by atoms with Gasteiger partial charge in [-0.05, 0) is 68.5 Å². The third kappa shape index (κ3) is 4.01. The van der Waals surface area contributed by atoms with Crippen LogP contribution in [-0.2, 0) is 0 Å². The second-order valence-corrected chi connectivity index (χ2v) is 9.18. The van der Waals surface area contributed by atoms with Gasteiger partial charge in [0.25, 0.3) is 11.8 Å². The highest BCUT2D eigenvalue weighted by molar-refractivity contribution is 7.13. The normalized spacial score (nSPS) is 13.5. The molecule has 0 saturated heterocycles. The van der Waals surface area contributed by atoms with Gasteiger partial charge in [0.2, 0.25) is 0 Å². The molecule has 4 aromatic rings. The van der Waals surface area contributed by atoms with E-state index in [2.05, 4.69) is 15.7 Å². The van der Waals surface area contributed by atoms with Crippen molar-refractivity contribution in [2.45, 2.75) is 38.8 Å². The van der Waals surface area contributed by atoms with E-state index in [0.29, 0.717) is 33.9 Å². The molecule has 0 unspecified atom stereocenters. The fraction of sp³-hybridized carbons (Fsp3) is 0.250. The number of benzene rings is 1. The van der Waals surface area contributed by atoms with Crippen LogP contribution in [0.3, 0.4) is 0 Å². The number of rotatable bonds is 6. The molecule has 2 amide bonds. The van der Waals surface area contributed by atoms with Crippen molar-refractivity contribution in [2.75, 3.05) is 5.32 Å². The summed E-state index contributed by atoms with van der Waals surface area (Å²) in [5.41, 5.74) is 3.15. The molecule has 1 fully saturated rings. The summed E-state index contributed by atoms with van der Waals surface area (Å²) in [6.07, 6.45) is 3.78. The predicted molar refractivity (Wildman–Crippen MR) is 126 cm³/mol. The van der Waals surface area contributed by atoms with Crippen molar-refractivity contribution in [1.82, 2.24) is 20.1 Å².